The molecule has 0 unspecified atom stereocenters. The van der Waals surface area contributed by atoms with Crippen LogP contribution >= 0.6 is 0 Å². The molecule has 1 fully saturated rings. The Labute approximate surface area is 116 Å². The van der Waals surface area contributed by atoms with Gasteiger partial charge in [0.2, 0.25) is 0 Å². The van der Waals surface area contributed by atoms with Gasteiger partial charge in [-0.1, -0.05) is 30.3 Å². The molecule has 0 aliphatic carbocycles. The third kappa shape index (κ3) is 6.16. The number of piperazine rings is 1. The standard InChI is InChI=1S/C15H26N4/c1-2-4-15(5-3-1)14-18-7-6-16-8-11-19-12-9-17-10-13-19/h1-5,16-18H,6-14H2. The summed E-state index contributed by atoms with van der Waals surface area (Å²) in [5.74, 6) is 0. The van der Waals surface area contributed by atoms with E-state index in [9.17, 15) is 0 Å². The third-order valence-corrected chi connectivity index (χ3v) is 3.46. The maximum Gasteiger partial charge on any atom is 0.0206 e. The van der Waals surface area contributed by atoms with Gasteiger partial charge < -0.3 is 16.0 Å². The Kier molecular flexibility index (Phi) is 6.89. The Morgan fingerprint density at radius 3 is 2.47 bits per heavy atom. The van der Waals surface area contributed by atoms with Gasteiger partial charge in [-0.15, -0.1) is 0 Å². The van der Waals surface area contributed by atoms with Crippen molar-refractivity contribution in [1.29, 1.82) is 0 Å². The molecule has 3 N–H and O–H groups in total. The highest BCUT2D eigenvalue weighted by atomic mass is 15.2. The molecule has 106 valence electrons. The Bertz CT molecular complexity index is 322. The van der Waals surface area contributed by atoms with Gasteiger partial charge in [0.15, 0.2) is 0 Å². The highest BCUT2D eigenvalue weighted by molar-refractivity contribution is 5.14. The van der Waals surface area contributed by atoms with Crippen molar-refractivity contribution < 1.29 is 0 Å². The molecule has 0 amide bonds. The number of hydrogen-bond acceptors (Lipinski definition) is 4. The van der Waals surface area contributed by atoms with Gasteiger partial charge in [-0.3, -0.25) is 4.90 Å². The molecule has 4 heteroatoms. The Balaban J connectivity index is 1.42. The third-order valence-electron chi connectivity index (χ3n) is 3.46. The summed E-state index contributed by atoms with van der Waals surface area (Å²) in [4.78, 5) is 2.51. The summed E-state index contributed by atoms with van der Waals surface area (Å²) < 4.78 is 0. The largest absolute Gasteiger partial charge is 0.314 e. The molecule has 2 rings (SSSR count). The van der Waals surface area contributed by atoms with Crippen molar-refractivity contribution in [1.82, 2.24) is 20.9 Å². The minimum absolute atomic E-state index is 0.959. The highest BCUT2D eigenvalue weighted by Crippen LogP contribution is 1.96. The molecular formula is C15H26N4. The fourth-order valence-corrected chi connectivity index (χ4v) is 2.30. The summed E-state index contributed by atoms with van der Waals surface area (Å²) in [6.45, 7) is 9.93. The first-order valence-corrected chi connectivity index (χ1v) is 7.33. The average molecular weight is 262 g/mol. The fraction of sp³-hybridized carbons (Fsp3) is 0.600. The molecule has 1 saturated heterocycles. The molecule has 1 aliphatic heterocycles. The van der Waals surface area contributed by atoms with Crippen molar-refractivity contribution in [3.05, 3.63) is 35.9 Å². The van der Waals surface area contributed by atoms with Crippen LogP contribution in [0.5, 0.6) is 0 Å². The maximum atomic E-state index is 3.49. The van der Waals surface area contributed by atoms with E-state index in [1.54, 1.807) is 0 Å². The molecule has 1 aliphatic rings. The van der Waals surface area contributed by atoms with Gasteiger partial charge in [0.25, 0.3) is 0 Å². The molecule has 0 aromatic heterocycles. The van der Waals surface area contributed by atoms with E-state index in [1.165, 1.54) is 25.2 Å². The minimum atomic E-state index is 0.959. The molecule has 0 bridgehead atoms. The first kappa shape index (κ1) is 14.5. The second-order valence-corrected chi connectivity index (χ2v) is 5.00. The summed E-state index contributed by atoms with van der Waals surface area (Å²) >= 11 is 0. The van der Waals surface area contributed by atoms with Crippen LogP contribution in [0.4, 0.5) is 0 Å². The summed E-state index contributed by atoms with van der Waals surface area (Å²) in [5, 5.41) is 10.3. The van der Waals surface area contributed by atoms with Crippen molar-refractivity contribution in [2.24, 2.45) is 0 Å². The summed E-state index contributed by atoms with van der Waals surface area (Å²) in [5.41, 5.74) is 1.35. The van der Waals surface area contributed by atoms with Gasteiger partial charge in [-0.05, 0) is 5.56 Å². The van der Waals surface area contributed by atoms with Crippen LogP contribution in [0.1, 0.15) is 5.56 Å². The van der Waals surface area contributed by atoms with Crippen molar-refractivity contribution >= 4 is 0 Å². The number of nitrogens with zero attached hydrogens (tertiary/aromatic N) is 1. The predicted molar refractivity (Wildman–Crippen MR) is 80.3 cm³/mol. The molecule has 0 atom stereocenters. The number of hydrogen-bond donors (Lipinski definition) is 3. The van der Waals surface area contributed by atoms with Gasteiger partial charge in [-0.25, -0.2) is 0 Å². The zero-order valence-electron chi connectivity index (χ0n) is 11.7. The van der Waals surface area contributed by atoms with E-state index in [1.807, 2.05) is 0 Å². The number of rotatable bonds is 8. The molecule has 1 aromatic rings. The molecule has 4 nitrogen and oxygen atoms in total. The first-order chi connectivity index (χ1) is 9.45. The van der Waals surface area contributed by atoms with Gasteiger partial charge in [0, 0.05) is 58.9 Å². The van der Waals surface area contributed by atoms with E-state index in [2.05, 4.69) is 51.2 Å². The van der Waals surface area contributed by atoms with E-state index >= 15 is 0 Å². The highest BCUT2D eigenvalue weighted by Gasteiger charge is 2.07. The maximum absolute atomic E-state index is 3.49. The van der Waals surface area contributed by atoms with Crippen molar-refractivity contribution in [3.8, 4) is 0 Å². The van der Waals surface area contributed by atoms with Crippen LogP contribution < -0.4 is 16.0 Å². The second-order valence-electron chi connectivity index (χ2n) is 5.00. The first-order valence-electron chi connectivity index (χ1n) is 7.33. The fourth-order valence-electron chi connectivity index (χ4n) is 2.30. The van der Waals surface area contributed by atoms with Crippen LogP contribution in [0.2, 0.25) is 0 Å². The monoisotopic (exact) mass is 262 g/mol. The molecule has 19 heavy (non-hydrogen) atoms. The normalized spacial score (nSPS) is 16.6. The zero-order chi connectivity index (χ0) is 13.2. The van der Waals surface area contributed by atoms with Crippen molar-refractivity contribution in [2.75, 3.05) is 52.4 Å². The quantitative estimate of drug-likeness (QED) is 0.588. The van der Waals surface area contributed by atoms with E-state index in [-0.39, 0.29) is 0 Å². The van der Waals surface area contributed by atoms with Crippen LogP contribution in [0.3, 0.4) is 0 Å². The van der Waals surface area contributed by atoms with Crippen molar-refractivity contribution in [2.45, 2.75) is 6.54 Å². The molecular weight excluding hydrogens is 236 g/mol. The van der Waals surface area contributed by atoms with Gasteiger partial charge >= 0.3 is 0 Å². The number of nitrogens with one attached hydrogen (secondary N) is 3. The van der Waals surface area contributed by atoms with E-state index in [4.69, 9.17) is 0 Å². The van der Waals surface area contributed by atoms with Crippen LogP contribution in [0, 0.1) is 0 Å². The molecule has 0 spiro atoms. The lowest BCUT2D eigenvalue weighted by Gasteiger charge is -2.27. The Morgan fingerprint density at radius 1 is 0.947 bits per heavy atom. The van der Waals surface area contributed by atoms with Gasteiger partial charge in [0.05, 0.1) is 0 Å². The topological polar surface area (TPSA) is 39.3 Å². The van der Waals surface area contributed by atoms with Gasteiger partial charge in [-0.2, -0.15) is 0 Å². The van der Waals surface area contributed by atoms with Crippen molar-refractivity contribution in [3.63, 3.8) is 0 Å². The van der Waals surface area contributed by atoms with Crippen LogP contribution in [0.25, 0.3) is 0 Å². The average Bonchev–Trinajstić information content (AvgIpc) is 2.48. The van der Waals surface area contributed by atoms with Gasteiger partial charge in [0.1, 0.15) is 0 Å². The van der Waals surface area contributed by atoms with E-state index in [0.717, 1.165) is 39.3 Å². The summed E-state index contributed by atoms with van der Waals surface area (Å²) in [7, 11) is 0. The second kappa shape index (κ2) is 9.04. The smallest absolute Gasteiger partial charge is 0.0206 e. The SMILES string of the molecule is c1ccc(CNCCNCCN2CCNCC2)cc1. The van der Waals surface area contributed by atoms with Crippen LogP contribution in [-0.2, 0) is 6.54 Å². The lowest BCUT2D eigenvalue weighted by Crippen LogP contribution is -2.46. The summed E-state index contributed by atoms with van der Waals surface area (Å²) in [6.07, 6.45) is 0. The van der Waals surface area contributed by atoms with Crippen LogP contribution in [-0.4, -0.2) is 57.3 Å². The Morgan fingerprint density at radius 2 is 1.68 bits per heavy atom. The lowest BCUT2D eigenvalue weighted by molar-refractivity contribution is 0.241. The van der Waals surface area contributed by atoms with E-state index in [0.29, 0.717) is 0 Å². The zero-order valence-corrected chi connectivity index (χ0v) is 11.7. The molecule has 0 radical (unpaired) electrons. The molecule has 1 heterocycles. The summed E-state index contributed by atoms with van der Waals surface area (Å²) in [6, 6.07) is 10.5. The number of benzene rings is 1. The predicted octanol–water partition coefficient (Wildman–Crippen LogP) is 0.271. The molecule has 1 aromatic carbocycles. The van der Waals surface area contributed by atoms with Crippen LogP contribution in [0.15, 0.2) is 30.3 Å². The Hall–Kier alpha value is -0.940. The molecule has 0 saturated carbocycles. The van der Waals surface area contributed by atoms with E-state index < -0.39 is 0 Å². The minimum Gasteiger partial charge on any atom is -0.314 e. The lowest BCUT2D eigenvalue weighted by atomic mass is 10.2.